The molecule has 5 aliphatic carbocycles. The number of hydrogen-bond acceptors (Lipinski definition) is 7. The number of fused-ring (bicyclic) bond motifs is 7. The lowest BCUT2D eigenvalue weighted by Gasteiger charge is -2.72. The highest BCUT2D eigenvalue weighted by molar-refractivity contribution is 6.30. The smallest absolute Gasteiger partial charge is 0.306 e. The Balaban J connectivity index is 1.27. The third-order valence-electron chi connectivity index (χ3n) is 17.2. The minimum absolute atomic E-state index is 0.0235. The van der Waals surface area contributed by atoms with Crippen LogP contribution in [-0.2, 0) is 25.7 Å². The van der Waals surface area contributed by atoms with E-state index in [0.29, 0.717) is 36.4 Å². The van der Waals surface area contributed by atoms with Crippen molar-refractivity contribution in [1.29, 1.82) is 0 Å². The zero-order chi connectivity index (χ0) is 42.8. The molecule has 0 aromatic heterocycles. The fourth-order valence-corrected chi connectivity index (χ4v) is 14.3. The number of carbonyl (C=O) groups excluding carboxylic acids is 2. The summed E-state index contributed by atoms with van der Waals surface area (Å²) >= 11 is 6.25. The maximum Gasteiger partial charge on any atom is 0.306 e. The van der Waals surface area contributed by atoms with Gasteiger partial charge in [-0.1, -0.05) is 91.6 Å². The number of likely N-dealkylation sites (N-methyl/N-ethyl adjacent to an activating group) is 1. The molecule has 0 bridgehead atoms. The molecule has 324 valence electrons. The Labute approximate surface area is 354 Å². The minimum atomic E-state index is -0.899. The summed E-state index contributed by atoms with van der Waals surface area (Å²) in [5.74, 6) is 0.272. The summed E-state index contributed by atoms with van der Waals surface area (Å²) in [6, 6.07) is 8.01. The number of esters is 1. The molecule has 9 atom stereocenters. The lowest BCUT2D eigenvalue weighted by Crippen LogP contribution is -2.66. The largest absolute Gasteiger partial charge is 0.481 e. The summed E-state index contributed by atoms with van der Waals surface area (Å²) in [6.07, 6.45) is 7.47. The number of carbonyl (C=O) groups is 3. The van der Waals surface area contributed by atoms with Crippen LogP contribution in [0.15, 0.2) is 35.4 Å². The number of hydrogen-bond donors (Lipinski definition) is 2. The zero-order valence-electron chi connectivity index (χ0n) is 37.7. The van der Waals surface area contributed by atoms with Gasteiger partial charge in [-0.2, -0.15) is 0 Å². The quantitative estimate of drug-likeness (QED) is 0.179. The van der Waals surface area contributed by atoms with Gasteiger partial charge in [0.15, 0.2) is 5.78 Å². The Hall–Kier alpha value is -2.26. The van der Waals surface area contributed by atoms with E-state index in [0.717, 1.165) is 75.6 Å². The Morgan fingerprint density at radius 3 is 2.19 bits per heavy atom. The molecule has 0 amide bonds. The van der Waals surface area contributed by atoms with E-state index in [2.05, 4.69) is 84.5 Å². The van der Waals surface area contributed by atoms with Gasteiger partial charge in [-0.25, -0.2) is 0 Å². The maximum absolute atomic E-state index is 14.3. The first-order chi connectivity index (χ1) is 26.9. The summed E-state index contributed by atoms with van der Waals surface area (Å²) in [5, 5.41) is 22.8. The number of aliphatic carboxylic acids is 1. The molecule has 4 fully saturated rings. The van der Waals surface area contributed by atoms with Crippen LogP contribution in [0.4, 0.5) is 0 Å². The van der Waals surface area contributed by atoms with E-state index in [-0.39, 0.29) is 64.2 Å². The highest BCUT2D eigenvalue weighted by atomic mass is 35.5. The van der Waals surface area contributed by atoms with Crippen LogP contribution in [0.2, 0.25) is 5.02 Å². The van der Waals surface area contributed by atoms with Gasteiger partial charge in [0, 0.05) is 48.5 Å². The highest BCUT2D eigenvalue weighted by Crippen LogP contribution is 2.77. The topological polar surface area (TPSA) is 107 Å². The molecule has 0 aliphatic heterocycles. The molecule has 0 radical (unpaired) electrons. The summed E-state index contributed by atoms with van der Waals surface area (Å²) < 4.78 is 6.30. The number of ether oxygens (including phenoxy) is 1. The Morgan fingerprint density at radius 1 is 0.897 bits per heavy atom. The van der Waals surface area contributed by atoms with Crippen molar-refractivity contribution >= 4 is 29.3 Å². The van der Waals surface area contributed by atoms with E-state index in [4.69, 9.17) is 16.3 Å². The van der Waals surface area contributed by atoms with E-state index < -0.39 is 22.9 Å². The third kappa shape index (κ3) is 7.99. The van der Waals surface area contributed by atoms with Gasteiger partial charge in [0.2, 0.25) is 0 Å². The number of benzene rings is 1. The molecule has 2 N–H and O–H groups in total. The third-order valence-corrected chi connectivity index (χ3v) is 17.5. The van der Waals surface area contributed by atoms with Gasteiger partial charge < -0.3 is 19.8 Å². The lowest BCUT2D eigenvalue weighted by atomic mass is 9.33. The van der Waals surface area contributed by atoms with Crippen molar-refractivity contribution in [3.63, 3.8) is 0 Å². The normalized spacial score (nSPS) is 35.1. The van der Waals surface area contributed by atoms with E-state index in [1.165, 1.54) is 5.57 Å². The Kier molecular flexibility index (Phi) is 12.7. The molecule has 9 heteroatoms. The van der Waals surface area contributed by atoms with Crippen LogP contribution < -0.4 is 0 Å². The molecule has 1 aromatic carbocycles. The molecule has 58 heavy (non-hydrogen) atoms. The number of aliphatic hydroxyl groups excluding tert-OH is 1. The van der Waals surface area contributed by atoms with Gasteiger partial charge in [-0.15, -0.1) is 0 Å². The van der Waals surface area contributed by atoms with Crippen molar-refractivity contribution in [3.05, 3.63) is 46.0 Å². The van der Waals surface area contributed by atoms with E-state index in [1.54, 1.807) is 0 Å². The van der Waals surface area contributed by atoms with Crippen molar-refractivity contribution in [2.75, 3.05) is 33.7 Å². The lowest BCUT2D eigenvalue weighted by molar-refractivity contribution is -0.235. The summed E-state index contributed by atoms with van der Waals surface area (Å²) in [5.41, 5.74) is 2.13. The van der Waals surface area contributed by atoms with Crippen molar-refractivity contribution < 1.29 is 29.3 Å². The van der Waals surface area contributed by atoms with E-state index in [1.807, 2.05) is 26.0 Å². The maximum atomic E-state index is 14.3. The van der Waals surface area contributed by atoms with Crippen molar-refractivity contribution in [3.8, 4) is 0 Å². The van der Waals surface area contributed by atoms with Gasteiger partial charge >= 0.3 is 11.9 Å². The fourth-order valence-electron chi connectivity index (χ4n) is 14.2. The first kappa shape index (κ1) is 45.3. The van der Waals surface area contributed by atoms with Crippen LogP contribution in [0.25, 0.3) is 0 Å². The molecule has 3 unspecified atom stereocenters. The average molecular weight is 824 g/mol. The zero-order valence-corrected chi connectivity index (χ0v) is 38.4. The van der Waals surface area contributed by atoms with Gasteiger partial charge in [-0.3, -0.25) is 19.3 Å². The van der Waals surface area contributed by atoms with Crippen molar-refractivity contribution in [2.45, 2.75) is 152 Å². The second-order valence-electron chi connectivity index (χ2n) is 22.3. The molecule has 0 saturated heterocycles. The van der Waals surface area contributed by atoms with Gasteiger partial charge in [0.05, 0.1) is 18.9 Å². The second kappa shape index (κ2) is 16.2. The van der Waals surface area contributed by atoms with E-state index >= 15 is 0 Å². The SMILES string of the molecule is CC(C)C1=C2[C@H]3CC[C@@H]4[C@@]5(C)CC[C@H](OC(=O)CC(C)(C)CC(=O)O)C(C)(C)C5CC[C@@]4(C)[C@]3(C)CCC2(C(O)CN(CCN(C)C)Cc2ccc(Cl)cc2)CC1=O. The summed E-state index contributed by atoms with van der Waals surface area (Å²) in [4.78, 5) is 43.7. The van der Waals surface area contributed by atoms with Crippen LogP contribution in [0.3, 0.4) is 0 Å². The van der Waals surface area contributed by atoms with Crippen LogP contribution in [0.5, 0.6) is 0 Å². The molecule has 0 spiro atoms. The number of nitrogens with zero attached hydrogens (tertiary/aromatic N) is 2. The van der Waals surface area contributed by atoms with Crippen molar-refractivity contribution in [1.82, 2.24) is 9.80 Å². The van der Waals surface area contributed by atoms with Crippen molar-refractivity contribution in [2.24, 2.45) is 56.2 Å². The van der Waals surface area contributed by atoms with Crippen LogP contribution in [0, 0.1) is 56.2 Å². The van der Waals surface area contributed by atoms with Crippen LogP contribution in [0.1, 0.15) is 139 Å². The molecule has 4 saturated carbocycles. The molecule has 5 aliphatic rings. The summed E-state index contributed by atoms with van der Waals surface area (Å²) in [7, 11) is 4.17. The summed E-state index contributed by atoms with van der Waals surface area (Å²) in [6.45, 7) is 23.2. The fraction of sp³-hybridized carbons (Fsp3) is 0.776. The minimum Gasteiger partial charge on any atom is -0.481 e. The monoisotopic (exact) mass is 823 g/mol. The molecule has 8 nitrogen and oxygen atoms in total. The number of ketones is 1. The Morgan fingerprint density at radius 2 is 1.57 bits per heavy atom. The second-order valence-corrected chi connectivity index (χ2v) is 22.7. The van der Waals surface area contributed by atoms with E-state index in [9.17, 15) is 24.6 Å². The van der Waals surface area contributed by atoms with Crippen LogP contribution >= 0.6 is 11.6 Å². The molecule has 1 aromatic rings. The standard InChI is InChI=1S/C49H75ClN2O6/c1-31(2)42-35(53)26-49(38(54)30-52(25-24-51(10)11)29-32-12-14-33(50)15-13-32)23-22-47(8)34(43(42)49)16-17-37-46(7)20-19-39(45(5,6)36(46)18-21-48(37,47)9)58-41(57)28-44(3,4)27-40(55)56/h12-15,31,34,36-39,54H,16-30H2,1-11H3,(H,55,56)/t34-,36?,37-,38?,39+,46+,47-,48-,49?/m1/s1. The molecular weight excluding hydrogens is 748 g/mol. The first-order valence-electron chi connectivity index (χ1n) is 22.4. The molecule has 6 rings (SSSR count). The number of carboxylic acid groups (broad SMARTS) is 1. The van der Waals surface area contributed by atoms with Gasteiger partial charge in [0.1, 0.15) is 6.10 Å². The highest BCUT2D eigenvalue weighted by Gasteiger charge is 2.71. The average Bonchev–Trinajstić information content (AvgIpc) is 3.42. The Bertz CT molecular complexity index is 1750. The molecule has 0 heterocycles. The number of carboxylic acids is 1. The van der Waals surface area contributed by atoms with Gasteiger partial charge in [0.25, 0.3) is 0 Å². The van der Waals surface area contributed by atoms with Gasteiger partial charge in [-0.05, 0) is 134 Å². The predicted molar refractivity (Wildman–Crippen MR) is 231 cm³/mol. The predicted octanol–water partition coefficient (Wildman–Crippen LogP) is 9.85. The number of aliphatic hydroxyl groups is 1. The number of rotatable bonds is 14. The number of allylic oxidation sites excluding steroid dienone is 1. The first-order valence-corrected chi connectivity index (χ1v) is 22.8. The number of Topliss-reactive ketones (excluding diaryl/α,β-unsaturated/α-hetero) is 1. The number of halogens is 1. The van der Waals surface area contributed by atoms with Crippen LogP contribution in [-0.4, -0.2) is 83.7 Å². The molecular formula is C49H75ClN2O6.